The first-order chi connectivity index (χ1) is 13.6. The molecule has 1 heterocycles. The molecule has 0 atom stereocenters. The summed E-state index contributed by atoms with van der Waals surface area (Å²) in [6.45, 7) is -0.130. The van der Waals surface area contributed by atoms with E-state index in [2.05, 4.69) is 10.1 Å². The predicted octanol–water partition coefficient (Wildman–Crippen LogP) is 3.55. The molecule has 0 aliphatic carbocycles. The van der Waals surface area contributed by atoms with Gasteiger partial charge in [-0.1, -0.05) is 23.4 Å². The van der Waals surface area contributed by atoms with Crippen LogP contribution in [0.5, 0.6) is 11.5 Å². The van der Waals surface area contributed by atoms with Crippen molar-refractivity contribution in [2.45, 2.75) is 13.2 Å². The lowest BCUT2D eigenvalue weighted by molar-refractivity contribution is -0.139. The first-order valence-electron chi connectivity index (χ1n) is 8.32. The Morgan fingerprint density at radius 2 is 1.93 bits per heavy atom. The zero-order chi connectivity index (χ0) is 19.8. The third-order valence-electron chi connectivity index (χ3n) is 3.57. The summed E-state index contributed by atoms with van der Waals surface area (Å²) in [7, 11) is 1.55. The molecule has 0 aliphatic rings. The summed E-state index contributed by atoms with van der Waals surface area (Å²) in [5.41, 5.74) is 0.750. The van der Waals surface area contributed by atoms with Crippen LogP contribution in [0.3, 0.4) is 0 Å². The number of ether oxygens (including phenoxy) is 3. The van der Waals surface area contributed by atoms with Crippen molar-refractivity contribution in [3.8, 4) is 11.5 Å². The molecule has 0 N–H and O–H groups in total. The van der Waals surface area contributed by atoms with E-state index in [1.807, 2.05) is 18.2 Å². The molecule has 3 aromatic rings. The highest BCUT2D eigenvalue weighted by atomic mass is 19.1. The molecule has 0 saturated carbocycles. The van der Waals surface area contributed by atoms with Gasteiger partial charge < -0.3 is 18.7 Å². The van der Waals surface area contributed by atoms with Crippen LogP contribution in [0, 0.1) is 5.82 Å². The Kier molecular flexibility index (Phi) is 6.35. The van der Waals surface area contributed by atoms with Crippen molar-refractivity contribution in [2.75, 3.05) is 7.11 Å². The fourth-order valence-corrected chi connectivity index (χ4v) is 2.23. The van der Waals surface area contributed by atoms with Crippen molar-refractivity contribution >= 4 is 12.0 Å². The number of para-hydroxylation sites is 1. The Labute approximate surface area is 160 Å². The van der Waals surface area contributed by atoms with E-state index in [1.54, 1.807) is 19.3 Å². The number of rotatable bonds is 8. The number of hydrogen-bond acceptors (Lipinski definition) is 7. The summed E-state index contributed by atoms with van der Waals surface area (Å²) in [5.74, 6) is 0.621. The maximum Gasteiger partial charge on any atom is 0.331 e. The van der Waals surface area contributed by atoms with Gasteiger partial charge in [0.2, 0.25) is 5.82 Å². The Morgan fingerprint density at radius 3 is 2.71 bits per heavy atom. The van der Waals surface area contributed by atoms with Crippen LogP contribution in [0.2, 0.25) is 0 Å². The summed E-state index contributed by atoms with van der Waals surface area (Å²) in [5, 5.41) is 3.73. The highest BCUT2D eigenvalue weighted by Gasteiger charge is 2.09. The van der Waals surface area contributed by atoms with Crippen LogP contribution in [0.1, 0.15) is 17.3 Å². The van der Waals surface area contributed by atoms with E-state index in [4.69, 9.17) is 18.7 Å². The number of carbonyl (C=O) groups excluding carboxylic acids is 1. The molecule has 0 bridgehead atoms. The number of nitrogens with zero attached hydrogens (tertiary/aromatic N) is 2. The van der Waals surface area contributed by atoms with Crippen LogP contribution in [0.15, 0.2) is 59.1 Å². The van der Waals surface area contributed by atoms with E-state index < -0.39 is 5.97 Å². The molecule has 0 amide bonds. The van der Waals surface area contributed by atoms with Crippen molar-refractivity contribution in [1.29, 1.82) is 0 Å². The molecular formula is C20H17FN2O5. The number of benzene rings is 2. The second-order valence-corrected chi connectivity index (χ2v) is 5.53. The van der Waals surface area contributed by atoms with Crippen LogP contribution in [0.25, 0.3) is 6.08 Å². The summed E-state index contributed by atoms with van der Waals surface area (Å²) in [6, 6.07) is 12.8. The molecule has 7 nitrogen and oxygen atoms in total. The number of aromatic nitrogens is 2. The van der Waals surface area contributed by atoms with E-state index in [1.165, 1.54) is 30.3 Å². The molecule has 0 aliphatic heterocycles. The molecule has 0 radical (unpaired) electrons. The quantitative estimate of drug-likeness (QED) is 0.434. The third-order valence-corrected chi connectivity index (χ3v) is 3.57. The lowest BCUT2D eigenvalue weighted by Crippen LogP contribution is -2.02. The van der Waals surface area contributed by atoms with Crippen LogP contribution in [-0.2, 0) is 22.7 Å². The molecule has 0 fully saturated rings. The van der Waals surface area contributed by atoms with Gasteiger partial charge in [0.05, 0.1) is 7.11 Å². The van der Waals surface area contributed by atoms with Gasteiger partial charge in [-0.3, -0.25) is 0 Å². The first-order valence-corrected chi connectivity index (χ1v) is 8.32. The van der Waals surface area contributed by atoms with Crippen LogP contribution < -0.4 is 9.47 Å². The van der Waals surface area contributed by atoms with Gasteiger partial charge in [-0.15, -0.1) is 0 Å². The van der Waals surface area contributed by atoms with Gasteiger partial charge in [0.25, 0.3) is 5.89 Å². The van der Waals surface area contributed by atoms with Crippen LogP contribution >= 0.6 is 0 Å². The molecule has 3 rings (SSSR count). The summed E-state index contributed by atoms with van der Waals surface area (Å²) >= 11 is 0. The number of methoxy groups -OCH3 is 1. The highest BCUT2D eigenvalue weighted by Crippen LogP contribution is 2.18. The number of esters is 1. The van der Waals surface area contributed by atoms with Crippen LogP contribution in [-0.4, -0.2) is 23.2 Å². The Bertz CT molecular complexity index is 953. The lowest BCUT2D eigenvalue weighted by atomic mass is 10.2. The van der Waals surface area contributed by atoms with E-state index in [9.17, 15) is 9.18 Å². The van der Waals surface area contributed by atoms with E-state index in [0.29, 0.717) is 11.5 Å². The van der Waals surface area contributed by atoms with Gasteiger partial charge in [0.1, 0.15) is 17.3 Å². The molecule has 1 aromatic heterocycles. The first kappa shape index (κ1) is 19.1. The number of halogens is 1. The topological polar surface area (TPSA) is 83.7 Å². The maximum absolute atomic E-state index is 12.8. The normalized spacial score (nSPS) is 10.8. The molecule has 144 valence electrons. The zero-order valence-corrected chi connectivity index (χ0v) is 15.0. The van der Waals surface area contributed by atoms with Gasteiger partial charge in [-0.25, -0.2) is 9.18 Å². The zero-order valence-electron chi connectivity index (χ0n) is 15.0. The van der Waals surface area contributed by atoms with E-state index in [0.717, 1.165) is 5.56 Å². The van der Waals surface area contributed by atoms with Gasteiger partial charge >= 0.3 is 5.97 Å². The minimum absolute atomic E-state index is 0.0385. The number of hydrogen-bond donors (Lipinski definition) is 0. The Hall–Kier alpha value is -3.68. The van der Waals surface area contributed by atoms with Crippen molar-refractivity contribution < 1.29 is 27.9 Å². The van der Waals surface area contributed by atoms with Crippen molar-refractivity contribution in [1.82, 2.24) is 10.1 Å². The molecule has 2 aromatic carbocycles. The molecule has 0 saturated heterocycles. The largest absolute Gasteiger partial charge is 0.496 e. The number of carbonyl (C=O) groups is 1. The van der Waals surface area contributed by atoms with Gasteiger partial charge in [0, 0.05) is 11.6 Å². The monoisotopic (exact) mass is 384 g/mol. The van der Waals surface area contributed by atoms with Gasteiger partial charge in [-0.05, 0) is 36.4 Å². The van der Waals surface area contributed by atoms with E-state index in [-0.39, 0.29) is 30.7 Å². The Morgan fingerprint density at radius 1 is 1.14 bits per heavy atom. The fourth-order valence-electron chi connectivity index (χ4n) is 2.23. The van der Waals surface area contributed by atoms with Gasteiger partial charge in [-0.2, -0.15) is 4.98 Å². The third kappa shape index (κ3) is 5.41. The van der Waals surface area contributed by atoms with E-state index >= 15 is 0 Å². The SMILES string of the molecule is COc1ccccc1/C=C/C(=O)OCc1nc(COc2ccc(F)cc2)no1. The lowest BCUT2D eigenvalue weighted by Gasteiger charge is -2.03. The maximum atomic E-state index is 12.8. The van der Waals surface area contributed by atoms with Crippen molar-refractivity contribution in [3.05, 3.63) is 77.7 Å². The molecular weight excluding hydrogens is 367 g/mol. The predicted molar refractivity (Wildman–Crippen MR) is 96.9 cm³/mol. The average Bonchev–Trinajstić information content (AvgIpc) is 3.18. The van der Waals surface area contributed by atoms with Gasteiger partial charge in [0.15, 0.2) is 13.2 Å². The standard InChI is InChI=1S/C20H17FN2O5/c1-25-17-5-3-2-4-14(17)6-11-20(24)27-13-19-22-18(23-28-19)12-26-16-9-7-15(21)8-10-16/h2-11H,12-13H2,1H3/b11-6+. The average molecular weight is 384 g/mol. The summed E-state index contributed by atoms with van der Waals surface area (Å²) < 4.78 is 33.5. The van der Waals surface area contributed by atoms with Crippen molar-refractivity contribution in [2.24, 2.45) is 0 Å². The molecule has 0 spiro atoms. The minimum atomic E-state index is -0.562. The molecule has 28 heavy (non-hydrogen) atoms. The Balaban J connectivity index is 1.47. The summed E-state index contributed by atoms with van der Waals surface area (Å²) in [4.78, 5) is 15.9. The second-order valence-electron chi connectivity index (χ2n) is 5.53. The smallest absolute Gasteiger partial charge is 0.331 e. The van der Waals surface area contributed by atoms with Crippen molar-refractivity contribution in [3.63, 3.8) is 0 Å². The fraction of sp³-hybridized carbons (Fsp3) is 0.150. The highest BCUT2D eigenvalue weighted by molar-refractivity contribution is 5.87. The molecule has 0 unspecified atom stereocenters. The second kappa shape index (κ2) is 9.31. The summed E-state index contributed by atoms with van der Waals surface area (Å²) in [6.07, 6.45) is 2.88. The molecule has 8 heteroatoms. The minimum Gasteiger partial charge on any atom is -0.496 e. The van der Waals surface area contributed by atoms with Crippen LogP contribution in [0.4, 0.5) is 4.39 Å².